The highest BCUT2D eigenvalue weighted by atomic mass is 35.5. The molecule has 0 atom stereocenters. The Morgan fingerprint density at radius 1 is 1.35 bits per heavy atom. The van der Waals surface area contributed by atoms with Gasteiger partial charge in [-0.2, -0.15) is 0 Å². The fourth-order valence-electron chi connectivity index (χ4n) is 1.49. The number of aromatic nitrogens is 1. The molecule has 7 heteroatoms. The predicted molar refractivity (Wildman–Crippen MR) is 80.9 cm³/mol. The standard InChI is InChI=1S/C13H10Cl2N2O2S/c1-7(18)11-6-20-13(16-11)17-12(19)4-8-2-3-9(14)5-10(8)15/h2-3,5-6H,4H2,1H3,(H,16,17,19). The molecule has 0 saturated carbocycles. The van der Waals surface area contributed by atoms with Crippen LogP contribution >= 0.6 is 34.5 Å². The zero-order valence-electron chi connectivity index (χ0n) is 10.4. The number of nitrogens with one attached hydrogen (secondary N) is 1. The number of thiazole rings is 1. The second kappa shape index (κ2) is 6.35. The van der Waals surface area contributed by atoms with E-state index >= 15 is 0 Å². The van der Waals surface area contributed by atoms with Gasteiger partial charge in [-0.3, -0.25) is 9.59 Å². The van der Waals surface area contributed by atoms with Crippen molar-refractivity contribution in [2.24, 2.45) is 0 Å². The summed E-state index contributed by atoms with van der Waals surface area (Å²) in [6, 6.07) is 4.96. The summed E-state index contributed by atoms with van der Waals surface area (Å²) < 4.78 is 0. The lowest BCUT2D eigenvalue weighted by atomic mass is 10.1. The molecule has 0 aliphatic rings. The largest absolute Gasteiger partial charge is 0.302 e. The molecule has 0 bridgehead atoms. The molecule has 4 nitrogen and oxygen atoms in total. The second-order valence-electron chi connectivity index (χ2n) is 4.05. The number of benzene rings is 1. The molecule has 20 heavy (non-hydrogen) atoms. The van der Waals surface area contributed by atoms with Gasteiger partial charge in [-0.05, 0) is 17.7 Å². The molecule has 0 radical (unpaired) electrons. The Balaban J connectivity index is 2.03. The molecule has 0 saturated heterocycles. The number of Topliss-reactive ketones (excluding diaryl/α,β-unsaturated/α-hetero) is 1. The Kier molecular flexibility index (Phi) is 4.75. The molecule has 1 amide bonds. The molecule has 104 valence electrons. The molecule has 0 aliphatic carbocycles. The monoisotopic (exact) mass is 328 g/mol. The van der Waals surface area contributed by atoms with Crippen molar-refractivity contribution < 1.29 is 9.59 Å². The average molecular weight is 329 g/mol. The van der Waals surface area contributed by atoms with E-state index in [1.165, 1.54) is 18.3 Å². The highest BCUT2D eigenvalue weighted by Gasteiger charge is 2.11. The first-order valence-corrected chi connectivity index (χ1v) is 7.29. The lowest BCUT2D eigenvalue weighted by Crippen LogP contribution is -2.14. The summed E-state index contributed by atoms with van der Waals surface area (Å²) >= 11 is 13.0. The lowest BCUT2D eigenvalue weighted by Gasteiger charge is -2.04. The van der Waals surface area contributed by atoms with Crippen molar-refractivity contribution >= 4 is 51.4 Å². The Bertz CT molecular complexity index is 670. The normalized spacial score (nSPS) is 10.3. The molecule has 2 rings (SSSR count). The van der Waals surface area contributed by atoms with Crippen molar-refractivity contribution in [3.8, 4) is 0 Å². The number of carbonyl (C=O) groups excluding carboxylic acids is 2. The van der Waals surface area contributed by atoms with Crippen molar-refractivity contribution in [3.05, 3.63) is 44.9 Å². The topological polar surface area (TPSA) is 59.1 Å². The third-order valence-electron chi connectivity index (χ3n) is 2.48. The summed E-state index contributed by atoms with van der Waals surface area (Å²) in [5, 5.41) is 5.59. The fourth-order valence-corrected chi connectivity index (χ4v) is 2.74. The maximum Gasteiger partial charge on any atom is 0.230 e. The van der Waals surface area contributed by atoms with Gasteiger partial charge in [-0.25, -0.2) is 4.98 Å². The third-order valence-corrected chi connectivity index (χ3v) is 3.82. The Morgan fingerprint density at radius 2 is 2.10 bits per heavy atom. The molecule has 0 spiro atoms. The number of carbonyl (C=O) groups is 2. The van der Waals surface area contributed by atoms with E-state index < -0.39 is 0 Å². The first kappa shape index (κ1) is 15.0. The van der Waals surface area contributed by atoms with Crippen LogP contribution in [-0.2, 0) is 11.2 Å². The van der Waals surface area contributed by atoms with Gasteiger partial charge in [0.1, 0.15) is 5.69 Å². The molecule has 1 N–H and O–H groups in total. The number of amides is 1. The van der Waals surface area contributed by atoms with Crippen molar-refractivity contribution in [3.63, 3.8) is 0 Å². The molecule has 1 aromatic carbocycles. The van der Waals surface area contributed by atoms with Crippen LogP contribution in [0.15, 0.2) is 23.6 Å². The lowest BCUT2D eigenvalue weighted by molar-refractivity contribution is -0.115. The first-order chi connectivity index (χ1) is 9.45. The molecular weight excluding hydrogens is 319 g/mol. The van der Waals surface area contributed by atoms with Gasteiger partial charge >= 0.3 is 0 Å². The van der Waals surface area contributed by atoms with Crippen LogP contribution in [0, 0.1) is 0 Å². The minimum absolute atomic E-state index is 0.116. The smallest absolute Gasteiger partial charge is 0.230 e. The average Bonchev–Trinajstić information content (AvgIpc) is 2.81. The molecular formula is C13H10Cl2N2O2S. The maximum atomic E-state index is 11.9. The predicted octanol–water partition coefficient (Wildman–Crippen LogP) is 3.83. The van der Waals surface area contributed by atoms with Gasteiger partial charge in [-0.15, -0.1) is 11.3 Å². The Labute approximate surface area is 129 Å². The Hall–Kier alpha value is -1.43. The van der Waals surface area contributed by atoms with Crippen LogP contribution in [0.25, 0.3) is 0 Å². The van der Waals surface area contributed by atoms with E-state index in [1.807, 2.05) is 0 Å². The van der Waals surface area contributed by atoms with E-state index in [4.69, 9.17) is 23.2 Å². The number of rotatable bonds is 4. The van der Waals surface area contributed by atoms with Gasteiger partial charge in [0, 0.05) is 22.3 Å². The summed E-state index contributed by atoms with van der Waals surface area (Å²) in [7, 11) is 0. The minimum Gasteiger partial charge on any atom is -0.302 e. The minimum atomic E-state index is -0.251. The van der Waals surface area contributed by atoms with Gasteiger partial charge in [-0.1, -0.05) is 29.3 Å². The van der Waals surface area contributed by atoms with Gasteiger partial charge in [0.15, 0.2) is 10.9 Å². The van der Waals surface area contributed by atoms with E-state index in [9.17, 15) is 9.59 Å². The number of hydrogen-bond donors (Lipinski definition) is 1. The summed E-state index contributed by atoms with van der Waals surface area (Å²) in [5.74, 6) is -0.388. The van der Waals surface area contributed by atoms with E-state index in [0.717, 1.165) is 0 Å². The number of ketones is 1. The van der Waals surface area contributed by atoms with Crippen LogP contribution in [0.3, 0.4) is 0 Å². The number of hydrogen-bond acceptors (Lipinski definition) is 4. The zero-order chi connectivity index (χ0) is 14.7. The first-order valence-electron chi connectivity index (χ1n) is 5.66. The molecule has 0 fully saturated rings. The van der Waals surface area contributed by atoms with Crippen molar-refractivity contribution in [1.29, 1.82) is 0 Å². The van der Waals surface area contributed by atoms with Crippen LogP contribution < -0.4 is 5.32 Å². The highest BCUT2D eigenvalue weighted by Crippen LogP contribution is 2.22. The van der Waals surface area contributed by atoms with Crippen LogP contribution in [0.5, 0.6) is 0 Å². The van der Waals surface area contributed by atoms with E-state index in [0.29, 0.717) is 26.4 Å². The van der Waals surface area contributed by atoms with E-state index in [2.05, 4.69) is 10.3 Å². The van der Waals surface area contributed by atoms with Gasteiger partial charge in [0.05, 0.1) is 6.42 Å². The zero-order valence-corrected chi connectivity index (χ0v) is 12.8. The fraction of sp³-hybridized carbons (Fsp3) is 0.154. The summed E-state index contributed by atoms with van der Waals surface area (Å²) in [5.41, 5.74) is 1.02. The van der Waals surface area contributed by atoms with Crippen molar-refractivity contribution in [2.75, 3.05) is 5.32 Å². The molecule has 1 heterocycles. The molecule has 0 unspecified atom stereocenters. The van der Waals surface area contributed by atoms with Crippen LogP contribution in [0.2, 0.25) is 10.0 Å². The van der Waals surface area contributed by atoms with Crippen LogP contribution in [0.1, 0.15) is 23.0 Å². The molecule has 1 aromatic heterocycles. The second-order valence-corrected chi connectivity index (χ2v) is 5.76. The van der Waals surface area contributed by atoms with Crippen LogP contribution in [-0.4, -0.2) is 16.7 Å². The quantitative estimate of drug-likeness (QED) is 0.867. The number of halogens is 2. The van der Waals surface area contributed by atoms with Crippen molar-refractivity contribution in [2.45, 2.75) is 13.3 Å². The molecule has 0 aliphatic heterocycles. The Morgan fingerprint density at radius 3 is 2.70 bits per heavy atom. The van der Waals surface area contributed by atoms with Gasteiger partial charge in [0.2, 0.25) is 5.91 Å². The van der Waals surface area contributed by atoms with Crippen molar-refractivity contribution in [1.82, 2.24) is 4.98 Å². The maximum absolute atomic E-state index is 11.9. The summed E-state index contributed by atoms with van der Waals surface area (Å²) in [6.07, 6.45) is 0.116. The molecule has 2 aromatic rings. The van der Waals surface area contributed by atoms with Gasteiger partial charge in [0.25, 0.3) is 0 Å². The number of anilines is 1. The highest BCUT2D eigenvalue weighted by molar-refractivity contribution is 7.14. The number of nitrogens with zero attached hydrogens (tertiary/aromatic N) is 1. The summed E-state index contributed by atoms with van der Waals surface area (Å²) in [4.78, 5) is 27.0. The van der Waals surface area contributed by atoms with Crippen LogP contribution in [0.4, 0.5) is 5.13 Å². The third kappa shape index (κ3) is 3.79. The summed E-state index contributed by atoms with van der Waals surface area (Å²) in [6.45, 7) is 1.42. The van der Waals surface area contributed by atoms with Gasteiger partial charge < -0.3 is 5.32 Å². The SMILES string of the molecule is CC(=O)c1csc(NC(=O)Cc2ccc(Cl)cc2Cl)n1. The van der Waals surface area contributed by atoms with E-state index in [-0.39, 0.29) is 18.1 Å². The van der Waals surface area contributed by atoms with E-state index in [1.54, 1.807) is 23.6 Å².